The van der Waals surface area contributed by atoms with Crippen LogP contribution in [0.15, 0.2) is 11.2 Å². The van der Waals surface area contributed by atoms with Gasteiger partial charge in [-0.15, -0.1) is 0 Å². The number of nitrogens with zero attached hydrogens (tertiary/aromatic N) is 1. The minimum atomic E-state index is -1.93. The molecule has 1 unspecified atom stereocenters. The minimum absolute atomic E-state index is 0.243. The second-order valence-corrected chi connectivity index (χ2v) is 2.52. The lowest BCUT2D eigenvalue weighted by molar-refractivity contribution is 0.561. The summed E-state index contributed by atoms with van der Waals surface area (Å²) in [6.07, 6.45) is 1.34. The van der Waals surface area contributed by atoms with Crippen molar-refractivity contribution in [2.75, 3.05) is 0 Å². The summed E-state index contributed by atoms with van der Waals surface area (Å²) in [5.41, 5.74) is 0. The number of aromatic amines is 1. The van der Waals surface area contributed by atoms with Gasteiger partial charge in [-0.25, -0.2) is 9.19 Å². The van der Waals surface area contributed by atoms with E-state index in [-0.39, 0.29) is 5.03 Å². The monoisotopic (exact) mass is 146 g/mol. The zero-order valence-electron chi connectivity index (χ0n) is 4.79. The van der Waals surface area contributed by atoms with Gasteiger partial charge < -0.3 is 9.54 Å². The Morgan fingerprint density at radius 2 is 2.56 bits per heavy atom. The lowest BCUT2D eigenvalue weighted by Gasteiger charge is -1.82. The number of aryl methyl sites for hydroxylation is 1. The molecule has 0 aliphatic rings. The summed E-state index contributed by atoms with van der Waals surface area (Å²) in [4.78, 5) is 6.34. The summed E-state index contributed by atoms with van der Waals surface area (Å²) >= 11 is -1.93. The van der Waals surface area contributed by atoms with Gasteiger partial charge in [-0.05, 0) is 6.92 Å². The molecule has 1 heterocycles. The van der Waals surface area contributed by atoms with Crippen molar-refractivity contribution in [2.24, 2.45) is 0 Å². The number of hydrogen-bond donors (Lipinski definition) is 2. The van der Waals surface area contributed by atoms with Crippen LogP contribution in [-0.2, 0) is 11.1 Å². The Bertz CT molecular complexity index is 232. The van der Waals surface area contributed by atoms with Gasteiger partial charge in [-0.1, -0.05) is 0 Å². The number of H-pyrrole nitrogens is 1. The van der Waals surface area contributed by atoms with E-state index in [0.717, 1.165) is 0 Å². The summed E-state index contributed by atoms with van der Waals surface area (Å²) in [7, 11) is 0. The van der Waals surface area contributed by atoms with Crippen LogP contribution < -0.4 is 0 Å². The van der Waals surface area contributed by atoms with Gasteiger partial charge in [0.1, 0.15) is 5.82 Å². The van der Waals surface area contributed by atoms with Crippen LogP contribution in [0.4, 0.5) is 0 Å². The first kappa shape index (κ1) is 6.44. The fourth-order valence-corrected chi connectivity index (χ4v) is 0.865. The van der Waals surface area contributed by atoms with Gasteiger partial charge in [-0.3, -0.25) is 0 Å². The Kier molecular flexibility index (Phi) is 1.63. The van der Waals surface area contributed by atoms with E-state index in [1.54, 1.807) is 6.92 Å². The second kappa shape index (κ2) is 2.28. The van der Waals surface area contributed by atoms with Crippen LogP contribution in [0.2, 0.25) is 0 Å². The Labute approximate surface area is 54.6 Å². The van der Waals surface area contributed by atoms with Gasteiger partial charge in [0.15, 0.2) is 5.03 Å². The van der Waals surface area contributed by atoms with Gasteiger partial charge in [0, 0.05) is 0 Å². The molecule has 0 radical (unpaired) electrons. The van der Waals surface area contributed by atoms with Crippen LogP contribution in [0.1, 0.15) is 5.82 Å². The van der Waals surface area contributed by atoms with E-state index in [0.29, 0.717) is 5.82 Å². The SMILES string of the molecule is Cc1ncc(S(=O)O)[nH]1. The number of nitrogens with one attached hydrogen (secondary N) is 1. The van der Waals surface area contributed by atoms with Crippen LogP contribution in [0.3, 0.4) is 0 Å². The molecule has 0 saturated carbocycles. The van der Waals surface area contributed by atoms with E-state index >= 15 is 0 Å². The molecule has 1 atom stereocenters. The molecule has 0 spiro atoms. The molecule has 0 aromatic carbocycles. The molecular formula is C4H6N2O2S. The van der Waals surface area contributed by atoms with E-state index in [9.17, 15) is 4.21 Å². The lowest BCUT2D eigenvalue weighted by Crippen LogP contribution is -1.86. The van der Waals surface area contributed by atoms with Crippen molar-refractivity contribution in [1.82, 2.24) is 9.97 Å². The Morgan fingerprint density at radius 3 is 2.78 bits per heavy atom. The third-order valence-electron chi connectivity index (χ3n) is 0.868. The highest BCUT2D eigenvalue weighted by atomic mass is 32.2. The van der Waals surface area contributed by atoms with Crippen molar-refractivity contribution in [3.63, 3.8) is 0 Å². The van der Waals surface area contributed by atoms with Crippen molar-refractivity contribution in [3.05, 3.63) is 12.0 Å². The maximum Gasteiger partial charge on any atom is 0.205 e. The van der Waals surface area contributed by atoms with Crippen molar-refractivity contribution in [1.29, 1.82) is 0 Å². The molecule has 0 fully saturated rings. The molecule has 1 aromatic heterocycles. The molecule has 4 nitrogen and oxygen atoms in total. The van der Waals surface area contributed by atoms with Crippen molar-refractivity contribution >= 4 is 11.1 Å². The molecule has 0 saturated heterocycles. The normalized spacial score (nSPS) is 13.6. The molecule has 0 bridgehead atoms. The average Bonchev–Trinajstić information content (AvgIpc) is 2.14. The van der Waals surface area contributed by atoms with Crippen molar-refractivity contribution in [3.8, 4) is 0 Å². The van der Waals surface area contributed by atoms with Crippen molar-refractivity contribution < 1.29 is 8.76 Å². The van der Waals surface area contributed by atoms with Gasteiger partial charge >= 0.3 is 0 Å². The largest absolute Gasteiger partial charge is 0.333 e. The third-order valence-corrected chi connectivity index (χ3v) is 1.45. The molecule has 0 aliphatic carbocycles. The Morgan fingerprint density at radius 1 is 1.89 bits per heavy atom. The van der Waals surface area contributed by atoms with E-state index < -0.39 is 11.1 Å². The fraction of sp³-hybridized carbons (Fsp3) is 0.250. The quantitative estimate of drug-likeness (QED) is 0.560. The minimum Gasteiger partial charge on any atom is -0.333 e. The Balaban J connectivity index is 2.98. The van der Waals surface area contributed by atoms with E-state index in [4.69, 9.17) is 4.55 Å². The zero-order valence-corrected chi connectivity index (χ0v) is 5.60. The summed E-state index contributed by atoms with van der Waals surface area (Å²) in [5, 5.41) is 0.243. The van der Waals surface area contributed by atoms with Crippen LogP contribution >= 0.6 is 0 Å². The number of rotatable bonds is 1. The van der Waals surface area contributed by atoms with Crippen molar-refractivity contribution in [2.45, 2.75) is 11.9 Å². The summed E-state index contributed by atoms with van der Waals surface area (Å²) in [6, 6.07) is 0. The predicted molar refractivity (Wildman–Crippen MR) is 32.4 cm³/mol. The van der Waals surface area contributed by atoms with Crippen LogP contribution in [0, 0.1) is 6.92 Å². The van der Waals surface area contributed by atoms with Gasteiger partial charge in [0.05, 0.1) is 6.20 Å². The molecular weight excluding hydrogens is 140 g/mol. The first-order valence-corrected chi connectivity index (χ1v) is 3.43. The average molecular weight is 146 g/mol. The molecule has 1 aromatic rings. The van der Waals surface area contributed by atoms with E-state index in [2.05, 4.69) is 9.97 Å². The highest BCUT2D eigenvalue weighted by Gasteiger charge is 2.00. The third kappa shape index (κ3) is 1.36. The topological polar surface area (TPSA) is 66.0 Å². The molecule has 9 heavy (non-hydrogen) atoms. The highest BCUT2D eigenvalue weighted by molar-refractivity contribution is 7.79. The van der Waals surface area contributed by atoms with Gasteiger partial charge in [-0.2, -0.15) is 0 Å². The van der Waals surface area contributed by atoms with E-state index in [1.807, 2.05) is 0 Å². The number of imidazole rings is 1. The number of aromatic nitrogens is 2. The molecule has 5 heteroatoms. The Hall–Kier alpha value is -0.680. The van der Waals surface area contributed by atoms with E-state index in [1.165, 1.54) is 6.20 Å². The smallest absolute Gasteiger partial charge is 0.205 e. The lowest BCUT2D eigenvalue weighted by atomic mass is 10.8. The first-order chi connectivity index (χ1) is 4.20. The molecule has 1 rings (SSSR count). The van der Waals surface area contributed by atoms with Crippen LogP contribution in [-0.4, -0.2) is 18.7 Å². The maximum atomic E-state index is 10.3. The maximum absolute atomic E-state index is 10.3. The summed E-state index contributed by atoms with van der Waals surface area (Å²) < 4.78 is 18.7. The molecule has 50 valence electrons. The highest BCUT2D eigenvalue weighted by Crippen LogP contribution is 1.98. The van der Waals surface area contributed by atoms with Gasteiger partial charge in [0.2, 0.25) is 11.1 Å². The number of hydrogen-bond acceptors (Lipinski definition) is 2. The molecule has 0 amide bonds. The summed E-state index contributed by atoms with van der Waals surface area (Å²) in [6.45, 7) is 1.72. The standard InChI is InChI=1S/C4H6N2O2S/c1-3-5-2-4(6-3)9(7)8/h2H,1H3,(H,5,6)(H,7,8). The predicted octanol–water partition coefficient (Wildman–Crippen LogP) is 0.299. The molecule has 2 N–H and O–H groups in total. The fourth-order valence-electron chi connectivity index (χ4n) is 0.487. The summed E-state index contributed by atoms with van der Waals surface area (Å²) in [5.74, 6) is 0.646. The van der Waals surface area contributed by atoms with Crippen LogP contribution in [0.25, 0.3) is 0 Å². The first-order valence-electron chi connectivity index (χ1n) is 2.32. The second-order valence-electron chi connectivity index (χ2n) is 1.58. The molecule has 0 aliphatic heterocycles. The zero-order chi connectivity index (χ0) is 6.85. The van der Waals surface area contributed by atoms with Crippen LogP contribution in [0.5, 0.6) is 0 Å². The van der Waals surface area contributed by atoms with Gasteiger partial charge in [0.25, 0.3) is 0 Å².